The third-order valence-corrected chi connectivity index (χ3v) is 2.23. The van der Waals surface area contributed by atoms with Crippen LogP contribution in [0.3, 0.4) is 0 Å². The van der Waals surface area contributed by atoms with Crippen LogP contribution in [-0.2, 0) is 32.7 Å². The van der Waals surface area contributed by atoms with E-state index in [-0.39, 0.29) is 32.7 Å². The summed E-state index contributed by atoms with van der Waals surface area (Å²) in [6.45, 7) is 0. The van der Waals surface area contributed by atoms with Crippen LogP contribution in [0.5, 0.6) is 0 Å². The van der Waals surface area contributed by atoms with E-state index in [0.717, 1.165) is 0 Å². The van der Waals surface area contributed by atoms with Crippen molar-refractivity contribution in [3.05, 3.63) is 0 Å². The van der Waals surface area contributed by atoms with Crippen molar-refractivity contribution in [2.45, 2.75) is 19.3 Å². The summed E-state index contributed by atoms with van der Waals surface area (Å²) in [5.74, 6) is 2.83. The van der Waals surface area contributed by atoms with Crippen molar-refractivity contribution in [3.8, 4) is 0 Å². The maximum absolute atomic E-state index is 2.09. The third kappa shape index (κ3) is 3.99. The van der Waals surface area contributed by atoms with Gasteiger partial charge >= 0.3 is 0 Å². The smallest absolute Gasteiger partial charge is 0 e. The van der Waals surface area contributed by atoms with Crippen molar-refractivity contribution >= 4 is 11.8 Å². The summed E-state index contributed by atoms with van der Waals surface area (Å²) in [7, 11) is 0. The molecule has 0 atom stereocenters. The second-order valence-electron chi connectivity index (χ2n) is 1.67. The Morgan fingerprint density at radius 1 is 0.857 bits per heavy atom. The number of thioether (sulfide) groups is 1. The van der Waals surface area contributed by atoms with Gasteiger partial charge in [0.05, 0.1) is 0 Å². The van der Waals surface area contributed by atoms with Gasteiger partial charge in [0, 0.05) is 32.7 Å². The van der Waals surface area contributed by atoms with Crippen LogP contribution in [0.2, 0.25) is 0 Å². The summed E-state index contributed by atoms with van der Waals surface area (Å²) in [5.41, 5.74) is 0. The Labute approximate surface area is 74.7 Å². The zero-order chi connectivity index (χ0) is 4.24. The van der Waals surface area contributed by atoms with Crippen molar-refractivity contribution < 1.29 is 32.7 Å². The molecule has 0 amide bonds. The average molecular weight is 191 g/mol. The molecular formula is C5H10SY. The van der Waals surface area contributed by atoms with E-state index in [1.54, 1.807) is 0 Å². The minimum Gasteiger partial charge on any atom is -0.162 e. The fourth-order valence-electron chi connectivity index (χ4n) is 0.687. The molecule has 0 unspecified atom stereocenters. The fourth-order valence-corrected chi connectivity index (χ4v) is 1.71. The maximum atomic E-state index is 2.09. The van der Waals surface area contributed by atoms with E-state index in [1.165, 1.54) is 30.8 Å². The summed E-state index contributed by atoms with van der Waals surface area (Å²) in [5, 5.41) is 0. The Balaban J connectivity index is 0.000000360. The van der Waals surface area contributed by atoms with Crippen molar-refractivity contribution in [3.63, 3.8) is 0 Å². The number of hydrogen-bond donors (Lipinski definition) is 0. The first-order valence-corrected chi connectivity index (χ1v) is 3.73. The Morgan fingerprint density at radius 2 is 1.43 bits per heavy atom. The molecule has 0 aromatic heterocycles. The third-order valence-electron chi connectivity index (χ3n) is 1.08. The van der Waals surface area contributed by atoms with Crippen LogP contribution in [0.1, 0.15) is 19.3 Å². The summed E-state index contributed by atoms with van der Waals surface area (Å²) in [4.78, 5) is 0. The Kier molecular flexibility index (Phi) is 6.75. The predicted octanol–water partition coefficient (Wildman–Crippen LogP) is 1.90. The molecule has 7 heavy (non-hydrogen) atoms. The second kappa shape index (κ2) is 5.59. The van der Waals surface area contributed by atoms with Crippen LogP contribution >= 0.6 is 11.8 Å². The van der Waals surface area contributed by atoms with Crippen molar-refractivity contribution in [1.29, 1.82) is 0 Å². The average Bonchev–Trinajstić information content (AvgIpc) is 1.72. The normalized spacial score (nSPS) is 20.6. The molecule has 1 saturated heterocycles. The molecule has 1 radical (unpaired) electrons. The Bertz CT molecular complexity index is 23.6. The number of rotatable bonds is 0. The van der Waals surface area contributed by atoms with E-state index in [9.17, 15) is 0 Å². The molecule has 1 aliphatic rings. The molecule has 0 saturated carbocycles. The Morgan fingerprint density at radius 3 is 1.57 bits per heavy atom. The molecular weight excluding hydrogens is 181 g/mol. The van der Waals surface area contributed by atoms with Crippen LogP contribution in [0, 0.1) is 0 Å². The minimum atomic E-state index is 0. The van der Waals surface area contributed by atoms with Crippen LogP contribution in [0.4, 0.5) is 0 Å². The van der Waals surface area contributed by atoms with Crippen LogP contribution in [0.15, 0.2) is 0 Å². The van der Waals surface area contributed by atoms with Crippen LogP contribution in [0.25, 0.3) is 0 Å². The molecule has 0 aromatic carbocycles. The molecule has 0 bridgehead atoms. The molecule has 1 rings (SSSR count). The van der Waals surface area contributed by atoms with Crippen molar-refractivity contribution in [1.82, 2.24) is 0 Å². The Hall–Kier alpha value is 1.45. The monoisotopic (exact) mass is 191 g/mol. The van der Waals surface area contributed by atoms with Gasteiger partial charge in [0.2, 0.25) is 0 Å². The van der Waals surface area contributed by atoms with E-state index in [2.05, 4.69) is 11.8 Å². The van der Waals surface area contributed by atoms with Crippen molar-refractivity contribution in [2.75, 3.05) is 11.5 Å². The first kappa shape index (κ1) is 8.45. The molecule has 1 heterocycles. The van der Waals surface area contributed by atoms with Gasteiger partial charge in [-0.1, -0.05) is 6.42 Å². The molecule has 0 spiro atoms. The minimum absolute atomic E-state index is 0. The van der Waals surface area contributed by atoms with Crippen LogP contribution in [-0.4, -0.2) is 11.5 Å². The zero-order valence-corrected chi connectivity index (χ0v) is 8.18. The van der Waals surface area contributed by atoms with Gasteiger partial charge in [0.15, 0.2) is 0 Å². The van der Waals surface area contributed by atoms with E-state index < -0.39 is 0 Å². The predicted molar refractivity (Wildman–Crippen MR) is 31.2 cm³/mol. The molecule has 0 aliphatic carbocycles. The van der Waals surface area contributed by atoms with Gasteiger partial charge < -0.3 is 0 Å². The largest absolute Gasteiger partial charge is 0.162 e. The van der Waals surface area contributed by atoms with Gasteiger partial charge in [-0.2, -0.15) is 11.8 Å². The topological polar surface area (TPSA) is 0 Å². The van der Waals surface area contributed by atoms with Gasteiger partial charge in [0.1, 0.15) is 0 Å². The van der Waals surface area contributed by atoms with Gasteiger partial charge in [-0.3, -0.25) is 0 Å². The number of hydrogen-bond acceptors (Lipinski definition) is 1. The standard InChI is InChI=1S/C5H10S.Y/c1-2-4-6-5-3-1;/h1-5H2;. The maximum Gasteiger partial charge on any atom is 0 e. The van der Waals surface area contributed by atoms with Gasteiger partial charge in [-0.15, -0.1) is 0 Å². The fraction of sp³-hybridized carbons (Fsp3) is 1.00. The van der Waals surface area contributed by atoms with E-state index in [0.29, 0.717) is 0 Å². The van der Waals surface area contributed by atoms with E-state index in [4.69, 9.17) is 0 Å². The quantitative estimate of drug-likeness (QED) is 0.563. The summed E-state index contributed by atoms with van der Waals surface area (Å²) >= 11 is 2.09. The molecule has 0 N–H and O–H groups in total. The van der Waals surface area contributed by atoms with E-state index in [1.807, 2.05) is 0 Å². The molecule has 2 heteroatoms. The van der Waals surface area contributed by atoms with Crippen LogP contribution < -0.4 is 0 Å². The first-order valence-electron chi connectivity index (χ1n) is 2.58. The second-order valence-corrected chi connectivity index (χ2v) is 2.90. The molecule has 1 aliphatic heterocycles. The summed E-state index contributed by atoms with van der Waals surface area (Å²) in [6.07, 6.45) is 4.41. The molecule has 39 valence electrons. The van der Waals surface area contributed by atoms with Gasteiger partial charge in [-0.05, 0) is 24.3 Å². The molecule has 0 nitrogen and oxygen atoms in total. The molecule has 1 fully saturated rings. The molecule has 0 aromatic rings. The van der Waals surface area contributed by atoms with E-state index >= 15 is 0 Å². The van der Waals surface area contributed by atoms with Gasteiger partial charge in [-0.25, -0.2) is 0 Å². The summed E-state index contributed by atoms with van der Waals surface area (Å²) < 4.78 is 0. The SMILES string of the molecule is C1CCSCC1.[Y]. The summed E-state index contributed by atoms with van der Waals surface area (Å²) in [6, 6.07) is 0. The zero-order valence-electron chi connectivity index (χ0n) is 4.52. The van der Waals surface area contributed by atoms with Gasteiger partial charge in [0.25, 0.3) is 0 Å². The van der Waals surface area contributed by atoms with Crippen molar-refractivity contribution in [2.24, 2.45) is 0 Å². The first-order chi connectivity index (χ1) is 3.00.